The summed E-state index contributed by atoms with van der Waals surface area (Å²) in [7, 11) is 0. The van der Waals surface area contributed by atoms with Crippen LogP contribution in [0.1, 0.15) is 49.3 Å². The van der Waals surface area contributed by atoms with E-state index in [0.29, 0.717) is 12.3 Å². The van der Waals surface area contributed by atoms with Gasteiger partial charge < -0.3 is 15.1 Å². The monoisotopic (exact) mass is 314 g/mol. The van der Waals surface area contributed by atoms with Gasteiger partial charge in [0.25, 0.3) is 0 Å². The van der Waals surface area contributed by atoms with Crippen LogP contribution in [0.3, 0.4) is 0 Å². The second-order valence-corrected chi connectivity index (χ2v) is 6.91. The Morgan fingerprint density at radius 1 is 1.43 bits per heavy atom. The Balaban J connectivity index is 1.77. The molecule has 1 amide bonds. The van der Waals surface area contributed by atoms with Gasteiger partial charge in [0, 0.05) is 23.5 Å². The molecule has 1 atom stereocenters. The zero-order chi connectivity index (χ0) is 16.4. The van der Waals surface area contributed by atoms with Crippen molar-refractivity contribution < 1.29 is 9.21 Å². The molecular formula is C19H26N2O2. The average Bonchev–Trinajstić information content (AvgIpc) is 2.89. The second kappa shape index (κ2) is 6.75. The molecule has 1 fully saturated rings. The first-order valence-corrected chi connectivity index (χ1v) is 8.55. The predicted octanol–water partition coefficient (Wildman–Crippen LogP) is 3.28. The van der Waals surface area contributed by atoms with E-state index in [1.165, 1.54) is 11.1 Å². The van der Waals surface area contributed by atoms with E-state index in [4.69, 9.17) is 4.42 Å². The molecule has 124 valence electrons. The number of piperidine rings is 1. The van der Waals surface area contributed by atoms with Crippen molar-refractivity contribution in [2.45, 2.75) is 52.0 Å². The van der Waals surface area contributed by atoms with Gasteiger partial charge in [0.1, 0.15) is 5.58 Å². The molecule has 4 nitrogen and oxygen atoms in total. The third kappa shape index (κ3) is 3.58. The van der Waals surface area contributed by atoms with Gasteiger partial charge in [0.2, 0.25) is 5.91 Å². The average molecular weight is 314 g/mol. The van der Waals surface area contributed by atoms with E-state index in [2.05, 4.69) is 43.5 Å². The highest BCUT2D eigenvalue weighted by Gasteiger charge is 2.18. The van der Waals surface area contributed by atoms with Crippen LogP contribution in [0.5, 0.6) is 0 Å². The molecule has 1 aromatic carbocycles. The first-order chi connectivity index (χ1) is 11.0. The minimum atomic E-state index is 0.0769. The maximum atomic E-state index is 12.3. The summed E-state index contributed by atoms with van der Waals surface area (Å²) in [5.41, 5.74) is 4.40. The SMILES string of the molecule is Cc1cc2occ(CC(=O)N[C@H]3CCCNC3)c2cc1C(C)C. The fourth-order valence-electron chi connectivity index (χ4n) is 3.43. The molecule has 1 aliphatic heterocycles. The Morgan fingerprint density at radius 2 is 2.26 bits per heavy atom. The van der Waals surface area contributed by atoms with E-state index in [0.717, 1.165) is 42.5 Å². The Bertz CT molecular complexity index is 697. The van der Waals surface area contributed by atoms with Crippen LogP contribution in [0.25, 0.3) is 11.0 Å². The summed E-state index contributed by atoms with van der Waals surface area (Å²) in [5.74, 6) is 0.539. The molecule has 0 unspecified atom stereocenters. The lowest BCUT2D eigenvalue weighted by atomic mass is 9.95. The van der Waals surface area contributed by atoms with E-state index >= 15 is 0 Å². The van der Waals surface area contributed by atoms with Gasteiger partial charge in [-0.15, -0.1) is 0 Å². The molecule has 1 saturated heterocycles. The molecule has 2 N–H and O–H groups in total. The number of carbonyl (C=O) groups excluding carboxylic acids is 1. The summed E-state index contributed by atoms with van der Waals surface area (Å²) < 4.78 is 5.66. The summed E-state index contributed by atoms with van der Waals surface area (Å²) in [6.45, 7) is 8.41. The smallest absolute Gasteiger partial charge is 0.224 e. The maximum Gasteiger partial charge on any atom is 0.224 e. The molecule has 4 heteroatoms. The quantitative estimate of drug-likeness (QED) is 0.910. The van der Waals surface area contributed by atoms with Gasteiger partial charge >= 0.3 is 0 Å². The van der Waals surface area contributed by atoms with Crippen LogP contribution in [-0.2, 0) is 11.2 Å². The minimum Gasteiger partial charge on any atom is -0.464 e. The highest BCUT2D eigenvalue weighted by molar-refractivity contribution is 5.88. The summed E-state index contributed by atoms with van der Waals surface area (Å²) >= 11 is 0. The molecule has 3 rings (SSSR count). The van der Waals surface area contributed by atoms with Gasteiger partial charge in [0.05, 0.1) is 12.7 Å². The lowest BCUT2D eigenvalue weighted by molar-refractivity contribution is -0.121. The molecule has 0 bridgehead atoms. The van der Waals surface area contributed by atoms with Crippen LogP contribution < -0.4 is 10.6 Å². The lowest BCUT2D eigenvalue weighted by Gasteiger charge is -2.23. The Kier molecular flexibility index (Phi) is 4.71. The molecule has 23 heavy (non-hydrogen) atoms. The standard InChI is InChI=1S/C19H26N2O2/c1-12(2)16-9-17-14(11-23-18(17)7-13(16)3)8-19(22)21-15-5-4-6-20-10-15/h7,9,11-12,15,20H,4-6,8,10H2,1-3H3,(H,21,22)/t15-/m0/s1. The Labute approximate surface area is 137 Å². The van der Waals surface area contributed by atoms with Gasteiger partial charge in [-0.3, -0.25) is 4.79 Å². The molecule has 0 radical (unpaired) electrons. The van der Waals surface area contributed by atoms with E-state index in [9.17, 15) is 4.79 Å². The molecule has 0 spiro atoms. The number of rotatable bonds is 4. The van der Waals surface area contributed by atoms with Gasteiger partial charge in [0.15, 0.2) is 0 Å². The first-order valence-electron chi connectivity index (χ1n) is 8.55. The molecule has 0 saturated carbocycles. The largest absolute Gasteiger partial charge is 0.464 e. The van der Waals surface area contributed by atoms with Crippen LogP contribution in [-0.4, -0.2) is 25.0 Å². The second-order valence-electron chi connectivity index (χ2n) is 6.91. The van der Waals surface area contributed by atoms with Crippen molar-refractivity contribution in [1.82, 2.24) is 10.6 Å². The molecule has 2 aromatic rings. The first kappa shape index (κ1) is 16.1. The van der Waals surface area contributed by atoms with Crippen molar-refractivity contribution in [2.24, 2.45) is 0 Å². The Morgan fingerprint density at radius 3 is 2.96 bits per heavy atom. The minimum absolute atomic E-state index is 0.0769. The number of aryl methyl sites for hydroxylation is 1. The van der Waals surface area contributed by atoms with Crippen molar-refractivity contribution in [3.63, 3.8) is 0 Å². The van der Waals surface area contributed by atoms with Gasteiger partial charge in [-0.05, 0) is 55.5 Å². The third-order valence-corrected chi connectivity index (χ3v) is 4.68. The molecule has 1 aliphatic rings. The van der Waals surface area contributed by atoms with E-state index in [1.54, 1.807) is 6.26 Å². The van der Waals surface area contributed by atoms with Crippen LogP contribution >= 0.6 is 0 Å². The third-order valence-electron chi connectivity index (χ3n) is 4.68. The topological polar surface area (TPSA) is 54.3 Å². The highest BCUT2D eigenvalue weighted by Crippen LogP contribution is 2.29. The number of furan rings is 1. The molecule has 1 aromatic heterocycles. The van der Waals surface area contributed by atoms with Crippen molar-refractivity contribution in [3.05, 3.63) is 35.1 Å². The fourth-order valence-corrected chi connectivity index (χ4v) is 3.43. The fraction of sp³-hybridized carbons (Fsp3) is 0.526. The number of hydrogen-bond donors (Lipinski definition) is 2. The van der Waals surface area contributed by atoms with Crippen molar-refractivity contribution >= 4 is 16.9 Å². The Hall–Kier alpha value is -1.81. The highest BCUT2D eigenvalue weighted by atomic mass is 16.3. The van der Waals surface area contributed by atoms with Crippen LogP contribution in [0.4, 0.5) is 0 Å². The van der Waals surface area contributed by atoms with E-state index in [-0.39, 0.29) is 11.9 Å². The predicted molar refractivity (Wildman–Crippen MR) is 92.8 cm³/mol. The number of amides is 1. The summed E-state index contributed by atoms with van der Waals surface area (Å²) in [5, 5.41) is 7.52. The molecular weight excluding hydrogens is 288 g/mol. The maximum absolute atomic E-state index is 12.3. The molecule has 0 aliphatic carbocycles. The zero-order valence-electron chi connectivity index (χ0n) is 14.2. The number of hydrogen-bond acceptors (Lipinski definition) is 3. The number of fused-ring (bicyclic) bond motifs is 1. The van der Waals surface area contributed by atoms with Gasteiger partial charge in [-0.1, -0.05) is 13.8 Å². The summed E-state index contributed by atoms with van der Waals surface area (Å²) in [6.07, 6.45) is 4.29. The number of carbonyl (C=O) groups is 1. The lowest BCUT2D eigenvalue weighted by Crippen LogP contribution is -2.46. The van der Waals surface area contributed by atoms with Crippen LogP contribution in [0.15, 0.2) is 22.8 Å². The summed E-state index contributed by atoms with van der Waals surface area (Å²) in [4.78, 5) is 12.3. The zero-order valence-corrected chi connectivity index (χ0v) is 14.2. The van der Waals surface area contributed by atoms with E-state index in [1.807, 2.05) is 0 Å². The number of benzene rings is 1. The normalized spacial score (nSPS) is 18.5. The van der Waals surface area contributed by atoms with Crippen LogP contribution in [0.2, 0.25) is 0 Å². The van der Waals surface area contributed by atoms with Crippen molar-refractivity contribution in [3.8, 4) is 0 Å². The van der Waals surface area contributed by atoms with Gasteiger partial charge in [-0.2, -0.15) is 0 Å². The molecule has 2 heterocycles. The van der Waals surface area contributed by atoms with Gasteiger partial charge in [-0.25, -0.2) is 0 Å². The number of nitrogens with one attached hydrogen (secondary N) is 2. The van der Waals surface area contributed by atoms with Crippen molar-refractivity contribution in [2.75, 3.05) is 13.1 Å². The van der Waals surface area contributed by atoms with Crippen LogP contribution in [0, 0.1) is 6.92 Å². The van der Waals surface area contributed by atoms with Crippen molar-refractivity contribution in [1.29, 1.82) is 0 Å². The van der Waals surface area contributed by atoms with E-state index < -0.39 is 0 Å². The summed E-state index contributed by atoms with van der Waals surface area (Å²) in [6, 6.07) is 4.52.